The summed E-state index contributed by atoms with van der Waals surface area (Å²) >= 11 is 4.91. The van der Waals surface area contributed by atoms with Crippen LogP contribution in [-0.4, -0.2) is 34.9 Å². The Kier molecular flexibility index (Phi) is 3.92. The van der Waals surface area contributed by atoms with Crippen molar-refractivity contribution >= 4 is 29.0 Å². The molecule has 1 aromatic carbocycles. The van der Waals surface area contributed by atoms with Crippen molar-refractivity contribution in [1.82, 2.24) is 4.90 Å². The van der Waals surface area contributed by atoms with Crippen molar-refractivity contribution in [3.63, 3.8) is 0 Å². The van der Waals surface area contributed by atoms with E-state index in [9.17, 15) is 9.59 Å². The second-order valence-corrected chi connectivity index (χ2v) is 4.81. The zero-order chi connectivity index (χ0) is 14.0. The molecule has 0 unspecified atom stereocenters. The standard InChI is InChI=1S/C13H14N2O3S/c1-8-4-9(13(14)19)2-3-10(8)5-15-11(16)6-18-7-12(15)17/h2-4H,5-7H2,1H3,(H2,14,19). The van der Waals surface area contributed by atoms with Gasteiger partial charge in [-0.05, 0) is 24.1 Å². The van der Waals surface area contributed by atoms with Crippen LogP contribution in [0.3, 0.4) is 0 Å². The summed E-state index contributed by atoms with van der Waals surface area (Å²) in [5.74, 6) is -0.622. The van der Waals surface area contributed by atoms with E-state index in [2.05, 4.69) is 0 Å². The number of benzene rings is 1. The second kappa shape index (κ2) is 5.46. The number of amides is 2. The first kappa shape index (κ1) is 13.6. The number of nitrogens with zero attached hydrogens (tertiary/aromatic N) is 1. The van der Waals surface area contributed by atoms with Gasteiger partial charge in [0.1, 0.15) is 18.2 Å². The van der Waals surface area contributed by atoms with Crippen LogP contribution in [0.5, 0.6) is 0 Å². The summed E-state index contributed by atoms with van der Waals surface area (Å²) in [6.07, 6.45) is 0. The lowest BCUT2D eigenvalue weighted by molar-refractivity contribution is -0.159. The maximum Gasteiger partial charge on any atom is 0.255 e. The molecule has 1 saturated heterocycles. The summed E-state index contributed by atoms with van der Waals surface area (Å²) in [5.41, 5.74) is 8.17. The first-order chi connectivity index (χ1) is 8.99. The van der Waals surface area contributed by atoms with Crippen LogP contribution in [0.2, 0.25) is 0 Å². The third kappa shape index (κ3) is 2.97. The smallest absolute Gasteiger partial charge is 0.255 e. The number of carbonyl (C=O) groups is 2. The molecule has 1 fully saturated rings. The fourth-order valence-corrected chi connectivity index (χ4v) is 2.02. The van der Waals surface area contributed by atoms with Gasteiger partial charge in [0, 0.05) is 5.56 Å². The molecule has 0 aromatic heterocycles. The fourth-order valence-electron chi connectivity index (χ4n) is 1.89. The number of thiocarbonyl (C=S) groups is 1. The molecule has 1 aliphatic heterocycles. The first-order valence-corrected chi connectivity index (χ1v) is 6.20. The molecular weight excluding hydrogens is 264 g/mol. The Morgan fingerprint density at radius 3 is 2.53 bits per heavy atom. The molecule has 1 aliphatic rings. The van der Waals surface area contributed by atoms with Gasteiger partial charge >= 0.3 is 0 Å². The monoisotopic (exact) mass is 278 g/mol. The van der Waals surface area contributed by atoms with E-state index in [1.165, 1.54) is 4.90 Å². The largest absolute Gasteiger partial charge is 0.389 e. The molecule has 19 heavy (non-hydrogen) atoms. The summed E-state index contributed by atoms with van der Waals surface area (Å²) in [6.45, 7) is 2.06. The lowest BCUT2D eigenvalue weighted by Gasteiger charge is -2.25. The van der Waals surface area contributed by atoms with Gasteiger partial charge in [-0.2, -0.15) is 0 Å². The van der Waals surface area contributed by atoms with Crippen LogP contribution in [0.15, 0.2) is 18.2 Å². The van der Waals surface area contributed by atoms with E-state index in [0.29, 0.717) is 4.99 Å². The van der Waals surface area contributed by atoms with Crippen LogP contribution in [0.25, 0.3) is 0 Å². The quantitative estimate of drug-likeness (QED) is 0.644. The number of carbonyl (C=O) groups excluding carboxylic acids is 2. The van der Waals surface area contributed by atoms with Crippen molar-refractivity contribution in [2.75, 3.05) is 13.2 Å². The minimum atomic E-state index is -0.311. The van der Waals surface area contributed by atoms with Crippen molar-refractivity contribution in [1.29, 1.82) is 0 Å². The Morgan fingerprint density at radius 2 is 2.00 bits per heavy atom. The highest BCUT2D eigenvalue weighted by atomic mass is 32.1. The van der Waals surface area contributed by atoms with Gasteiger partial charge in [0.15, 0.2) is 0 Å². The van der Waals surface area contributed by atoms with Gasteiger partial charge in [0.25, 0.3) is 11.8 Å². The second-order valence-electron chi connectivity index (χ2n) is 4.37. The molecular formula is C13H14N2O3S. The maximum atomic E-state index is 11.6. The molecule has 0 aliphatic carbocycles. The molecule has 6 heteroatoms. The number of nitrogens with two attached hydrogens (primary N) is 1. The van der Waals surface area contributed by atoms with Gasteiger partial charge in [0.05, 0.1) is 6.54 Å². The first-order valence-electron chi connectivity index (χ1n) is 5.79. The lowest BCUT2D eigenvalue weighted by Crippen LogP contribution is -2.45. The minimum Gasteiger partial charge on any atom is -0.389 e. The number of hydrogen-bond acceptors (Lipinski definition) is 4. The van der Waals surface area contributed by atoms with E-state index in [4.69, 9.17) is 22.7 Å². The molecule has 0 spiro atoms. The lowest BCUT2D eigenvalue weighted by atomic mass is 10.0. The van der Waals surface area contributed by atoms with Gasteiger partial charge < -0.3 is 10.5 Å². The average Bonchev–Trinajstić information content (AvgIpc) is 2.35. The van der Waals surface area contributed by atoms with Crippen molar-refractivity contribution in [2.45, 2.75) is 13.5 Å². The van der Waals surface area contributed by atoms with E-state index in [1.807, 2.05) is 19.1 Å². The minimum absolute atomic E-state index is 0.0459. The van der Waals surface area contributed by atoms with E-state index in [1.54, 1.807) is 6.07 Å². The Bertz CT molecular complexity index is 541. The van der Waals surface area contributed by atoms with Crippen molar-refractivity contribution in [3.05, 3.63) is 34.9 Å². The van der Waals surface area contributed by atoms with Gasteiger partial charge in [-0.3, -0.25) is 14.5 Å². The van der Waals surface area contributed by atoms with Crippen molar-refractivity contribution in [2.24, 2.45) is 5.73 Å². The van der Waals surface area contributed by atoms with E-state index < -0.39 is 0 Å². The molecule has 0 radical (unpaired) electrons. The van der Waals surface area contributed by atoms with Crippen LogP contribution in [0.4, 0.5) is 0 Å². The highest BCUT2D eigenvalue weighted by molar-refractivity contribution is 7.80. The number of aryl methyl sites for hydroxylation is 1. The highest BCUT2D eigenvalue weighted by Crippen LogP contribution is 2.15. The van der Waals surface area contributed by atoms with E-state index in [0.717, 1.165) is 16.7 Å². The van der Waals surface area contributed by atoms with Crippen LogP contribution in [0, 0.1) is 6.92 Å². The third-order valence-corrected chi connectivity index (χ3v) is 3.24. The number of ether oxygens (including phenoxy) is 1. The van der Waals surface area contributed by atoms with Crippen LogP contribution >= 0.6 is 12.2 Å². The average molecular weight is 278 g/mol. The fraction of sp³-hybridized carbons (Fsp3) is 0.308. The van der Waals surface area contributed by atoms with Crippen molar-refractivity contribution < 1.29 is 14.3 Å². The Balaban J connectivity index is 2.21. The maximum absolute atomic E-state index is 11.6. The number of imide groups is 1. The predicted molar refractivity (Wildman–Crippen MR) is 73.4 cm³/mol. The molecule has 0 atom stereocenters. The number of morpholine rings is 1. The molecule has 0 saturated carbocycles. The Labute approximate surface area is 116 Å². The topological polar surface area (TPSA) is 72.6 Å². The van der Waals surface area contributed by atoms with E-state index >= 15 is 0 Å². The molecule has 1 aromatic rings. The number of hydrogen-bond donors (Lipinski definition) is 1. The van der Waals surface area contributed by atoms with Crippen LogP contribution in [-0.2, 0) is 20.9 Å². The molecule has 5 nitrogen and oxygen atoms in total. The molecule has 2 rings (SSSR count). The summed E-state index contributed by atoms with van der Waals surface area (Å²) in [5, 5.41) is 0. The van der Waals surface area contributed by atoms with Gasteiger partial charge in [-0.1, -0.05) is 24.4 Å². The van der Waals surface area contributed by atoms with Gasteiger partial charge in [0.2, 0.25) is 0 Å². The zero-order valence-corrected chi connectivity index (χ0v) is 11.3. The highest BCUT2D eigenvalue weighted by Gasteiger charge is 2.26. The predicted octanol–water partition coefficient (Wildman–Crippen LogP) is 0.515. The summed E-state index contributed by atoms with van der Waals surface area (Å²) < 4.78 is 4.87. The molecule has 2 amide bonds. The number of rotatable bonds is 3. The zero-order valence-electron chi connectivity index (χ0n) is 10.5. The van der Waals surface area contributed by atoms with Crippen LogP contribution in [0.1, 0.15) is 16.7 Å². The Hall–Kier alpha value is -1.79. The molecule has 100 valence electrons. The Morgan fingerprint density at radius 1 is 1.37 bits per heavy atom. The summed E-state index contributed by atoms with van der Waals surface area (Å²) in [4.78, 5) is 24.8. The third-order valence-electron chi connectivity index (χ3n) is 3.01. The molecule has 2 N–H and O–H groups in total. The summed E-state index contributed by atoms with van der Waals surface area (Å²) in [7, 11) is 0. The SMILES string of the molecule is Cc1cc(C(N)=S)ccc1CN1C(=O)COCC1=O. The normalized spacial score (nSPS) is 15.7. The van der Waals surface area contributed by atoms with Gasteiger partial charge in [-0.15, -0.1) is 0 Å². The van der Waals surface area contributed by atoms with Crippen molar-refractivity contribution in [3.8, 4) is 0 Å². The van der Waals surface area contributed by atoms with E-state index in [-0.39, 0.29) is 31.6 Å². The van der Waals surface area contributed by atoms with Crippen LogP contribution < -0.4 is 5.73 Å². The summed E-state index contributed by atoms with van der Waals surface area (Å²) in [6, 6.07) is 5.48. The van der Waals surface area contributed by atoms with Gasteiger partial charge in [-0.25, -0.2) is 0 Å². The molecule has 1 heterocycles. The molecule has 0 bridgehead atoms.